The molecular formula is C14H21N3O. The highest BCUT2D eigenvalue weighted by Gasteiger charge is 2.35. The Morgan fingerprint density at radius 3 is 2.61 bits per heavy atom. The number of nitrogens with one attached hydrogen (secondary N) is 1. The van der Waals surface area contributed by atoms with Crippen molar-refractivity contribution in [1.29, 1.82) is 0 Å². The number of primary amides is 1. The Kier molecular flexibility index (Phi) is 3.99. The Labute approximate surface area is 108 Å². The van der Waals surface area contributed by atoms with Crippen molar-refractivity contribution in [2.75, 3.05) is 27.2 Å². The van der Waals surface area contributed by atoms with Gasteiger partial charge >= 0.3 is 0 Å². The van der Waals surface area contributed by atoms with E-state index in [2.05, 4.69) is 34.5 Å². The van der Waals surface area contributed by atoms with E-state index in [-0.39, 0.29) is 17.7 Å². The van der Waals surface area contributed by atoms with Crippen LogP contribution in [0.3, 0.4) is 0 Å². The van der Waals surface area contributed by atoms with Crippen LogP contribution in [0, 0.1) is 5.92 Å². The van der Waals surface area contributed by atoms with Crippen LogP contribution in [0.25, 0.3) is 0 Å². The molecule has 1 aliphatic rings. The molecule has 1 aromatic carbocycles. The third kappa shape index (κ3) is 2.71. The summed E-state index contributed by atoms with van der Waals surface area (Å²) in [7, 11) is 3.97. The molecule has 18 heavy (non-hydrogen) atoms. The van der Waals surface area contributed by atoms with Gasteiger partial charge in [-0.3, -0.25) is 4.79 Å². The lowest BCUT2D eigenvalue weighted by molar-refractivity contribution is -0.121. The summed E-state index contributed by atoms with van der Waals surface area (Å²) >= 11 is 0. The minimum absolute atomic E-state index is 0.0647. The van der Waals surface area contributed by atoms with E-state index in [1.807, 2.05) is 14.1 Å². The molecule has 2 atom stereocenters. The van der Waals surface area contributed by atoms with Crippen LogP contribution in [0.4, 0.5) is 0 Å². The van der Waals surface area contributed by atoms with Crippen LogP contribution < -0.4 is 11.1 Å². The number of hydrogen-bond acceptors (Lipinski definition) is 3. The van der Waals surface area contributed by atoms with E-state index in [0.717, 1.165) is 19.6 Å². The number of rotatable bonds is 4. The molecule has 1 aliphatic heterocycles. The minimum atomic E-state index is -0.191. The average molecular weight is 247 g/mol. The van der Waals surface area contributed by atoms with Crippen LogP contribution in [0.2, 0.25) is 0 Å². The summed E-state index contributed by atoms with van der Waals surface area (Å²) in [5.41, 5.74) is 7.95. The van der Waals surface area contributed by atoms with Gasteiger partial charge in [-0.2, -0.15) is 0 Å². The third-order valence-electron chi connectivity index (χ3n) is 3.66. The molecule has 0 unspecified atom stereocenters. The first-order chi connectivity index (χ1) is 8.61. The molecule has 1 heterocycles. The molecule has 2 rings (SSSR count). The Balaban J connectivity index is 2.16. The number of hydrogen-bond donors (Lipinski definition) is 2. The molecule has 98 valence electrons. The van der Waals surface area contributed by atoms with Crippen LogP contribution in [0.15, 0.2) is 24.3 Å². The van der Waals surface area contributed by atoms with Crippen LogP contribution >= 0.6 is 0 Å². The molecule has 4 nitrogen and oxygen atoms in total. The number of amides is 1. The van der Waals surface area contributed by atoms with Crippen LogP contribution in [-0.2, 0) is 11.3 Å². The van der Waals surface area contributed by atoms with Gasteiger partial charge in [-0.05, 0) is 25.2 Å². The van der Waals surface area contributed by atoms with E-state index in [4.69, 9.17) is 5.73 Å². The van der Waals surface area contributed by atoms with Crippen molar-refractivity contribution in [1.82, 2.24) is 10.2 Å². The molecule has 1 amide bonds. The highest BCUT2D eigenvalue weighted by Crippen LogP contribution is 2.31. The van der Waals surface area contributed by atoms with Crippen molar-refractivity contribution < 1.29 is 4.79 Å². The lowest BCUT2D eigenvalue weighted by Gasteiger charge is -2.16. The Hall–Kier alpha value is -1.39. The van der Waals surface area contributed by atoms with Crippen molar-refractivity contribution in [3.8, 4) is 0 Å². The van der Waals surface area contributed by atoms with Crippen molar-refractivity contribution in [3.05, 3.63) is 35.4 Å². The smallest absolute Gasteiger partial charge is 0.222 e. The second-order valence-corrected chi connectivity index (χ2v) is 5.11. The second kappa shape index (κ2) is 5.50. The number of carbonyl (C=O) groups excluding carboxylic acids is 1. The lowest BCUT2D eigenvalue weighted by Crippen LogP contribution is -2.28. The fourth-order valence-electron chi connectivity index (χ4n) is 2.71. The van der Waals surface area contributed by atoms with Crippen LogP contribution in [0.1, 0.15) is 17.0 Å². The maximum atomic E-state index is 11.5. The second-order valence-electron chi connectivity index (χ2n) is 5.11. The van der Waals surface area contributed by atoms with Crippen molar-refractivity contribution >= 4 is 5.91 Å². The normalized spacial score (nSPS) is 24.3. The maximum absolute atomic E-state index is 11.5. The third-order valence-corrected chi connectivity index (χ3v) is 3.66. The Morgan fingerprint density at radius 2 is 2.06 bits per heavy atom. The molecule has 1 saturated heterocycles. The predicted molar refractivity (Wildman–Crippen MR) is 72.1 cm³/mol. The van der Waals surface area contributed by atoms with E-state index in [1.54, 1.807) is 0 Å². The van der Waals surface area contributed by atoms with Crippen molar-refractivity contribution in [3.63, 3.8) is 0 Å². The first-order valence-corrected chi connectivity index (χ1v) is 6.33. The lowest BCUT2D eigenvalue weighted by atomic mass is 9.88. The summed E-state index contributed by atoms with van der Waals surface area (Å²) in [5.74, 6) is -0.0232. The summed E-state index contributed by atoms with van der Waals surface area (Å²) in [6, 6.07) is 8.46. The van der Waals surface area contributed by atoms with Gasteiger partial charge in [-0.1, -0.05) is 24.3 Å². The molecule has 0 aliphatic carbocycles. The number of benzene rings is 1. The van der Waals surface area contributed by atoms with Gasteiger partial charge in [0.05, 0.1) is 5.92 Å². The van der Waals surface area contributed by atoms with E-state index >= 15 is 0 Å². The predicted octanol–water partition coefficient (Wildman–Crippen LogP) is 0.537. The first-order valence-electron chi connectivity index (χ1n) is 6.33. The number of nitrogens with zero attached hydrogens (tertiary/aromatic N) is 1. The van der Waals surface area contributed by atoms with E-state index in [1.165, 1.54) is 11.1 Å². The molecular weight excluding hydrogens is 226 g/mol. The van der Waals surface area contributed by atoms with E-state index in [9.17, 15) is 4.79 Å². The number of likely N-dealkylation sites (tertiary alicyclic amines) is 1. The molecule has 0 spiro atoms. The highest BCUT2D eigenvalue weighted by molar-refractivity contribution is 5.78. The number of nitrogens with two attached hydrogens (primary N) is 1. The van der Waals surface area contributed by atoms with Gasteiger partial charge in [0.1, 0.15) is 0 Å². The Morgan fingerprint density at radius 1 is 1.39 bits per heavy atom. The summed E-state index contributed by atoms with van der Waals surface area (Å²) < 4.78 is 0. The molecule has 1 aromatic rings. The quantitative estimate of drug-likeness (QED) is 0.816. The summed E-state index contributed by atoms with van der Waals surface area (Å²) in [6.07, 6.45) is 0. The summed E-state index contributed by atoms with van der Waals surface area (Å²) in [6.45, 7) is 2.53. The van der Waals surface area contributed by atoms with Gasteiger partial charge in [0.15, 0.2) is 0 Å². The fourth-order valence-corrected chi connectivity index (χ4v) is 2.71. The molecule has 3 N–H and O–H groups in total. The number of carbonyl (C=O) groups is 1. The number of likely N-dealkylation sites (N-methyl/N-ethyl adjacent to an activating group) is 1. The van der Waals surface area contributed by atoms with Gasteiger partial charge in [-0.15, -0.1) is 0 Å². The van der Waals surface area contributed by atoms with E-state index < -0.39 is 0 Å². The van der Waals surface area contributed by atoms with Crippen molar-refractivity contribution in [2.45, 2.75) is 12.5 Å². The molecule has 0 radical (unpaired) electrons. The van der Waals surface area contributed by atoms with Gasteiger partial charge < -0.3 is 16.0 Å². The molecule has 0 saturated carbocycles. The summed E-state index contributed by atoms with van der Waals surface area (Å²) in [4.78, 5) is 13.7. The average Bonchev–Trinajstić information content (AvgIpc) is 2.73. The zero-order valence-electron chi connectivity index (χ0n) is 11.0. The topological polar surface area (TPSA) is 58.4 Å². The fraction of sp³-hybridized carbons (Fsp3) is 0.500. The van der Waals surface area contributed by atoms with Gasteiger partial charge in [0.2, 0.25) is 5.91 Å². The van der Waals surface area contributed by atoms with Crippen LogP contribution in [-0.4, -0.2) is 38.0 Å². The minimum Gasteiger partial charge on any atom is -0.369 e. The standard InChI is InChI=1S/C14H21N3O/c1-16-7-10-3-5-11(6-4-10)12-8-17(2)9-13(12)14(15)18/h3-6,12-13,16H,7-9H2,1-2H3,(H2,15,18)/t12-,13-/m1/s1. The monoisotopic (exact) mass is 247 g/mol. The SMILES string of the molecule is CNCc1ccc([C@H]2CN(C)C[C@H]2C(N)=O)cc1. The van der Waals surface area contributed by atoms with Crippen molar-refractivity contribution in [2.24, 2.45) is 11.7 Å². The maximum Gasteiger partial charge on any atom is 0.222 e. The van der Waals surface area contributed by atoms with Gasteiger partial charge in [0.25, 0.3) is 0 Å². The molecule has 1 fully saturated rings. The molecule has 0 aromatic heterocycles. The largest absolute Gasteiger partial charge is 0.369 e. The molecule has 0 bridgehead atoms. The summed E-state index contributed by atoms with van der Waals surface area (Å²) in [5, 5.41) is 3.12. The zero-order chi connectivity index (χ0) is 13.1. The Bertz CT molecular complexity index is 416. The van der Waals surface area contributed by atoms with Gasteiger partial charge in [0, 0.05) is 25.6 Å². The van der Waals surface area contributed by atoms with Crippen LogP contribution in [0.5, 0.6) is 0 Å². The first kappa shape index (κ1) is 13.1. The van der Waals surface area contributed by atoms with Gasteiger partial charge in [-0.25, -0.2) is 0 Å². The highest BCUT2D eigenvalue weighted by atomic mass is 16.1. The molecule has 4 heteroatoms. The zero-order valence-corrected chi connectivity index (χ0v) is 11.0. The van der Waals surface area contributed by atoms with E-state index in [0.29, 0.717) is 0 Å².